The topological polar surface area (TPSA) is 54.3 Å². The molecule has 1 aromatic heterocycles. The molecule has 0 unspecified atom stereocenters. The van der Waals surface area contributed by atoms with Gasteiger partial charge in [0.05, 0.1) is 22.0 Å². The summed E-state index contributed by atoms with van der Waals surface area (Å²) >= 11 is 12.0. The SMILES string of the molecule is O=C(Nc1ccc(C(=O)N2CCc3cccn3-c3ccccc32)cc1)c1ccc(Cl)cc1Cl. The minimum absolute atomic E-state index is 0.0909. The monoisotopic (exact) mass is 475 g/mol. The molecule has 1 aliphatic heterocycles. The van der Waals surface area contributed by atoms with Crippen molar-refractivity contribution < 1.29 is 9.59 Å². The van der Waals surface area contributed by atoms with E-state index in [0.717, 1.165) is 23.5 Å². The molecule has 1 N–H and O–H groups in total. The van der Waals surface area contributed by atoms with E-state index in [0.29, 0.717) is 28.4 Å². The molecule has 2 heterocycles. The second-order valence-electron chi connectivity index (χ2n) is 7.72. The summed E-state index contributed by atoms with van der Waals surface area (Å²) in [4.78, 5) is 27.8. The molecule has 5 nitrogen and oxygen atoms in total. The summed E-state index contributed by atoms with van der Waals surface area (Å²) in [5.41, 5.74) is 4.44. The molecule has 4 aromatic rings. The summed E-state index contributed by atoms with van der Waals surface area (Å²) in [5, 5.41) is 3.54. The van der Waals surface area contributed by atoms with Crippen LogP contribution in [0.3, 0.4) is 0 Å². The van der Waals surface area contributed by atoms with Crippen molar-refractivity contribution in [3.05, 3.63) is 112 Å². The smallest absolute Gasteiger partial charge is 0.258 e. The molecular formula is C26H19Cl2N3O2. The molecule has 0 saturated heterocycles. The van der Waals surface area contributed by atoms with E-state index >= 15 is 0 Å². The molecule has 1 aliphatic rings. The predicted octanol–water partition coefficient (Wildman–Crippen LogP) is 6.24. The van der Waals surface area contributed by atoms with Gasteiger partial charge in [0, 0.05) is 41.1 Å². The van der Waals surface area contributed by atoms with Crippen molar-refractivity contribution in [3.8, 4) is 5.69 Å². The zero-order valence-electron chi connectivity index (χ0n) is 17.5. The van der Waals surface area contributed by atoms with Gasteiger partial charge in [-0.2, -0.15) is 0 Å². The largest absolute Gasteiger partial charge is 0.322 e. The highest BCUT2D eigenvalue weighted by molar-refractivity contribution is 6.37. The van der Waals surface area contributed by atoms with Crippen molar-refractivity contribution in [2.24, 2.45) is 0 Å². The number of para-hydroxylation sites is 2. The predicted molar refractivity (Wildman–Crippen MR) is 132 cm³/mol. The Balaban J connectivity index is 1.37. The minimum Gasteiger partial charge on any atom is -0.322 e. The van der Waals surface area contributed by atoms with E-state index < -0.39 is 0 Å². The number of benzene rings is 3. The van der Waals surface area contributed by atoms with Crippen LogP contribution in [0.2, 0.25) is 10.0 Å². The first-order valence-electron chi connectivity index (χ1n) is 10.5. The van der Waals surface area contributed by atoms with Crippen LogP contribution in [0.15, 0.2) is 85.1 Å². The molecule has 0 saturated carbocycles. The number of amides is 2. The highest BCUT2D eigenvalue weighted by Gasteiger charge is 2.24. The number of nitrogens with zero attached hydrogens (tertiary/aromatic N) is 2. The molecule has 0 radical (unpaired) electrons. The Labute approximate surface area is 201 Å². The van der Waals surface area contributed by atoms with Gasteiger partial charge in [0.25, 0.3) is 11.8 Å². The van der Waals surface area contributed by atoms with Crippen LogP contribution in [0.1, 0.15) is 26.4 Å². The molecule has 0 spiro atoms. The summed E-state index contributed by atoms with van der Waals surface area (Å²) in [6.07, 6.45) is 2.77. The number of nitrogens with one attached hydrogen (secondary N) is 1. The Morgan fingerprint density at radius 3 is 2.36 bits per heavy atom. The van der Waals surface area contributed by atoms with E-state index in [2.05, 4.69) is 16.0 Å². The normalized spacial score (nSPS) is 12.5. The van der Waals surface area contributed by atoms with Crippen LogP contribution in [-0.4, -0.2) is 22.9 Å². The van der Waals surface area contributed by atoms with Crippen molar-refractivity contribution in [2.75, 3.05) is 16.8 Å². The second-order valence-corrected chi connectivity index (χ2v) is 8.56. The number of rotatable bonds is 3. The van der Waals surface area contributed by atoms with Gasteiger partial charge in [-0.3, -0.25) is 9.59 Å². The van der Waals surface area contributed by atoms with E-state index in [4.69, 9.17) is 23.2 Å². The minimum atomic E-state index is -0.348. The summed E-state index contributed by atoms with van der Waals surface area (Å²) in [6.45, 7) is 0.577. The third-order valence-electron chi connectivity index (χ3n) is 5.67. The van der Waals surface area contributed by atoms with Gasteiger partial charge in [-0.1, -0.05) is 35.3 Å². The average Bonchev–Trinajstić information content (AvgIpc) is 3.22. The van der Waals surface area contributed by atoms with Crippen LogP contribution in [0.4, 0.5) is 11.4 Å². The molecule has 0 atom stereocenters. The molecule has 0 bridgehead atoms. The second kappa shape index (κ2) is 8.77. The maximum Gasteiger partial charge on any atom is 0.258 e. The van der Waals surface area contributed by atoms with E-state index in [1.807, 2.05) is 41.4 Å². The lowest BCUT2D eigenvalue weighted by Crippen LogP contribution is -2.32. The lowest BCUT2D eigenvalue weighted by atomic mass is 10.1. The van der Waals surface area contributed by atoms with Gasteiger partial charge in [0.15, 0.2) is 0 Å². The lowest BCUT2D eigenvalue weighted by Gasteiger charge is -2.23. The Morgan fingerprint density at radius 1 is 0.848 bits per heavy atom. The Morgan fingerprint density at radius 2 is 1.61 bits per heavy atom. The zero-order valence-corrected chi connectivity index (χ0v) is 19.0. The number of halogens is 2. The van der Waals surface area contributed by atoms with E-state index in [1.54, 1.807) is 36.4 Å². The van der Waals surface area contributed by atoms with Crippen LogP contribution in [0, 0.1) is 0 Å². The van der Waals surface area contributed by atoms with Gasteiger partial charge in [0.1, 0.15) is 0 Å². The number of anilines is 2. The van der Waals surface area contributed by atoms with Gasteiger partial charge >= 0.3 is 0 Å². The third-order valence-corrected chi connectivity index (χ3v) is 6.22. The van der Waals surface area contributed by atoms with Gasteiger partial charge in [-0.25, -0.2) is 0 Å². The summed E-state index contributed by atoms with van der Waals surface area (Å²) in [6, 6.07) is 23.6. The molecule has 7 heteroatoms. The molecular weight excluding hydrogens is 457 g/mol. The van der Waals surface area contributed by atoms with Crippen LogP contribution in [-0.2, 0) is 6.42 Å². The number of hydrogen-bond donors (Lipinski definition) is 1. The van der Waals surface area contributed by atoms with E-state index in [9.17, 15) is 9.59 Å². The first kappa shape index (κ1) is 21.3. The van der Waals surface area contributed by atoms with Crippen LogP contribution in [0.5, 0.6) is 0 Å². The van der Waals surface area contributed by atoms with Crippen LogP contribution < -0.4 is 10.2 Å². The maximum atomic E-state index is 13.4. The number of carbonyl (C=O) groups excluding carboxylic acids is 2. The van der Waals surface area contributed by atoms with Crippen molar-refractivity contribution in [1.29, 1.82) is 0 Å². The Bertz CT molecular complexity index is 1360. The van der Waals surface area contributed by atoms with Crippen LogP contribution >= 0.6 is 23.2 Å². The fraction of sp³-hybridized carbons (Fsp3) is 0.0769. The molecule has 5 rings (SSSR count). The van der Waals surface area contributed by atoms with Crippen molar-refractivity contribution in [2.45, 2.75) is 6.42 Å². The molecule has 33 heavy (non-hydrogen) atoms. The molecule has 3 aromatic carbocycles. The highest BCUT2D eigenvalue weighted by atomic mass is 35.5. The van der Waals surface area contributed by atoms with E-state index in [1.165, 1.54) is 6.07 Å². The molecule has 0 fully saturated rings. The molecule has 164 valence electrons. The Hall–Kier alpha value is -3.54. The van der Waals surface area contributed by atoms with Crippen LogP contribution in [0.25, 0.3) is 5.69 Å². The number of aromatic nitrogens is 1. The van der Waals surface area contributed by atoms with Crippen molar-refractivity contribution in [1.82, 2.24) is 4.57 Å². The fourth-order valence-corrected chi connectivity index (χ4v) is 4.53. The standard InChI is InChI=1S/C26H19Cl2N3O2/c27-18-9-12-21(22(28)16-18)25(32)29-19-10-7-17(8-11-19)26(33)31-15-13-20-4-3-14-30(20)23-5-1-2-6-24(23)31/h1-12,14,16H,13,15H2,(H,29,32). The van der Waals surface area contributed by atoms with E-state index in [-0.39, 0.29) is 16.8 Å². The number of hydrogen-bond acceptors (Lipinski definition) is 2. The summed E-state index contributed by atoms with van der Waals surface area (Å²) < 4.78 is 2.13. The fourth-order valence-electron chi connectivity index (χ4n) is 4.03. The Kier molecular flexibility index (Phi) is 5.67. The molecule has 0 aliphatic carbocycles. The van der Waals surface area contributed by atoms with Crippen molar-refractivity contribution in [3.63, 3.8) is 0 Å². The van der Waals surface area contributed by atoms with Gasteiger partial charge in [0.2, 0.25) is 0 Å². The van der Waals surface area contributed by atoms with Gasteiger partial charge < -0.3 is 14.8 Å². The van der Waals surface area contributed by atoms with Crippen molar-refractivity contribution >= 4 is 46.4 Å². The quantitative estimate of drug-likeness (QED) is 0.381. The number of fused-ring (bicyclic) bond motifs is 3. The highest BCUT2D eigenvalue weighted by Crippen LogP contribution is 2.31. The maximum absolute atomic E-state index is 13.4. The summed E-state index contributed by atoms with van der Waals surface area (Å²) in [5.74, 6) is -0.439. The average molecular weight is 476 g/mol. The number of carbonyl (C=O) groups is 2. The third kappa shape index (κ3) is 4.13. The van der Waals surface area contributed by atoms with Gasteiger partial charge in [-0.05, 0) is 66.7 Å². The first-order valence-corrected chi connectivity index (χ1v) is 11.2. The van der Waals surface area contributed by atoms with Gasteiger partial charge in [-0.15, -0.1) is 0 Å². The lowest BCUT2D eigenvalue weighted by molar-refractivity contribution is 0.0986. The summed E-state index contributed by atoms with van der Waals surface area (Å²) in [7, 11) is 0. The first-order chi connectivity index (χ1) is 16.0. The molecule has 2 amide bonds. The zero-order chi connectivity index (χ0) is 22.9.